The van der Waals surface area contributed by atoms with E-state index >= 15 is 0 Å². The fourth-order valence-electron chi connectivity index (χ4n) is 2.18. The van der Waals surface area contributed by atoms with Gasteiger partial charge in [-0.2, -0.15) is 10.2 Å². The molecule has 2 heterocycles. The summed E-state index contributed by atoms with van der Waals surface area (Å²) in [5.41, 5.74) is 0.415. The number of carbonyl (C=O) groups is 3. The molecule has 0 aromatic carbocycles. The van der Waals surface area contributed by atoms with Crippen LogP contribution in [0.5, 0.6) is 0 Å². The first-order chi connectivity index (χ1) is 12.4. The molecule has 10 nitrogen and oxygen atoms in total. The Morgan fingerprint density at radius 3 is 2.58 bits per heavy atom. The molecule has 2 amide bonds. The third-order valence-electron chi connectivity index (χ3n) is 3.72. The van der Waals surface area contributed by atoms with Gasteiger partial charge in [0.25, 0.3) is 5.91 Å². The number of aryl methyl sites for hydroxylation is 1. The topological polar surface area (TPSA) is 131 Å². The monoisotopic (exact) mass is 362 g/mol. The van der Waals surface area contributed by atoms with E-state index in [0.717, 1.165) is 6.42 Å². The Kier molecular flexibility index (Phi) is 6.10. The number of aromatic carboxylic acids is 1. The number of anilines is 1. The van der Waals surface area contributed by atoms with Crippen LogP contribution in [0, 0.1) is 0 Å². The molecular formula is C16H22N6O4. The van der Waals surface area contributed by atoms with Crippen LogP contribution in [0.4, 0.5) is 5.69 Å². The number of hydrogen-bond donors (Lipinski definition) is 3. The second-order valence-electron chi connectivity index (χ2n) is 5.68. The van der Waals surface area contributed by atoms with Crippen LogP contribution >= 0.6 is 0 Å². The number of amides is 2. The fourth-order valence-corrected chi connectivity index (χ4v) is 2.18. The molecule has 26 heavy (non-hydrogen) atoms. The molecule has 140 valence electrons. The van der Waals surface area contributed by atoms with E-state index in [9.17, 15) is 14.4 Å². The van der Waals surface area contributed by atoms with Gasteiger partial charge in [-0.3, -0.25) is 19.0 Å². The van der Waals surface area contributed by atoms with Crippen LogP contribution in [0.15, 0.2) is 18.6 Å². The summed E-state index contributed by atoms with van der Waals surface area (Å²) >= 11 is 0. The first-order valence-electron chi connectivity index (χ1n) is 8.31. The van der Waals surface area contributed by atoms with Crippen molar-refractivity contribution in [1.82, 2.24) is 24.9 Å². The molecule has 2 aromatic heterocycles. The van der Waals surface area contributed by atoms with Crippen molar-refractivity contribution in [3.8, 4) is 0 Å². The van der Waals surface area contributed by atoms with E-state index in [-0.39, 0.29) is 17.2 Å². The number of carbonyl (C=O) groups excluding carboxylic acids is 2. The van der Waals surface area contributed by atoms with Crippen LogP contribution in [-0.4, -0.2) is 49.0 Å². The van der Waals surface area contributed by atoms with E-state index in [1.54, 1.807) is 17.8 Å². The maximum atomic E-state index is 12.5. The molecule has 1 unspecified atom stereocenters. The number of rotatable bonds is 8. The molecular weight excluding hydrogens is 340 g/mol. The van der Waals surface area contributed by atoms with Crippen molar-refractivity contribution in [2.75, 3.05) is 11.9 Å². The van der Waals surface area contributed by atoms with E-state index in [0.29, 0.717) is 18.8 Å². The molecule has 10 heteroatoms. The lowest BCUT2D eigenvalue weighted by atomic mass is 10.2. The molecule has 0 aliphatic heterocycles. The van der Waals surface area contributed by atoms with Crippen molar-refractivity contribution in [3.05, 3.63) is 29.8 Å². The molecule has 0 aliphatic carbocycles. The summed E-state index contributed by atoms with van der Waals surface area (Å²) in [7, 11) is 0. The standard InChI is InChI=1S/C16H22N6O4/c1-4-6-17-15(24)13-12(9-21(5-2)20-13)19-14(23)10(3)22-8-11(7-18-22)16(25)26/h7-10H,4-6H2,1-3H3,(H,17,24)(H,19,23)(H,25,26). The van der Waals surface area contributed by atoms with Gasteiger partial charge in [-0.05, 0) is 20.3 Å². The highest BCUT2D eigenvalue weighted by atomic mass is 16.4. The summed E-state index contributed by atoms with van der Waals surface area (Å²) in [5.74, 6) is -1.93. The van der Waals surface area contributed by atoms with Crippen molar-refractivity contribution in [2.45, 2.75) is 39.8 Å². The second-order valence-corrected chi connectivity index (χ2v) is 5.68. The van der Waals surface area contributed by atoms with Crippen molar-refractivity contribution in [2.24, 2.45) is 0 Å². The summed E-state index contributed by atoms with van der Waals surface area (Å²) in [5, 5.41) is 22.4. The zero-order valence-electron chi connectivity index (χ0n) is 14.9. The minimum atomic E-state index is -1.12. The minimum Gasteiger partial charge on any atom is -0.478 e. The maximum Gasteiger partial charge on any atom is 0.338 e. The Labute approximate surface area is 150 Å². The van der Waals surface area contributed by atoms with Gasteiger partial charge in [0, 0.05) is 25.5 Å². The summed E-state index contributed by atoms with van der Waals surface area (Å²) < 4.78 is 2.80. The smallest absolute Gasteiger partial charge is 0.338 e. The quantitative estimate of drug-likeness (QED) is 0.645. The molecule has 0 spiro atoms. The Hall–Kier alpha value is -3.17. The van der Waals surface area contributed by atoms with Gasteiger partial charge in [0.1, 0.15) is 6.04 Å². The zero-order valence-corrected chi connectivity index (χ0v) is 14.9. The van der Waals surface area contributed by atoms with Gasteiger partial charge in [0.15, 0.2) is 5.69 Å². The Morgan fingerprint density at radius 2 is 2.00 bits per heavy atom. The van der Waals surface area contributed by atoms with Crippen LogP contribution < -0.4 is 10.6 Å². The van der Waals surface area contributed by atoms with Crippen LogP contribution in [0.1, 0.15) is 54.1 Å². The molecule has 2 aromatic rings. The maximum absolute atomic E-state index is 12.5. The Bertz CT molecular complexity index is 810. The highest BCUT2D eigenvalue weighted by Crippen LogP contribution is 2.17. The highest BCUT2D eigenvalue weighted by Gasteiger charge is 2.22. The third-order valence-corrected chi connectivity index (χ3v) is 3.72. The van der Waals surface area contributed by atoms with E-state index in [4.69, 9.17) is 5.11 Å². The number of carboxylic acid groups (broad SMARTS) is 1. The SMILES string of the molecule is CCCNC(=O)c1nn(CC)cc1NC(=O)C(C)n1cc(C(=O)O)cn1. The van der Waals surface area contributed by atoms with Gasteiger partial charge in [-0.25, -0.2) is 4.79 Å². The average Bonchev–Trinajstić information content (AvgIpc) is 3.26. The first kappa shape index (κ1) is 19.2. The molecule has 0 saturated heterocycles. The highest BCUT2D eigenvalue weighted by molar-refractivity contribution is 6.03. The van der Waals surface area contributed by atoms with Gasteiger partial charge < -0.3 is 15.7 Å². The van der Waals surface area contributed by atoms with E-state index in [1.807, 2.05) is 13.8 Å². The number of aromatic nitrogens is 4. The lowest BCUT2D eigenvalue weighted by Crippen LogP contribution is -2.28. The van der Waals surface area contributed by atoms with Gasteiger partial charge in [-0.1, -0.05) is 6.92 Å². The molecule has 1 atom stereocenters. The van der Waals surface area contributed by atoms with Gasteiger partial charge in [0.05, 0.1) is 17.4 Å². The average molecular weight is 362 g/mol. The molecule has 0 radical (unpaired) electrons. The Balaban J connectivity index is 2.17. The largest absolute Gasteiger partial charge is 0.478 e. The number of carboxylic acids is 1. The zero-order chi connectivity index (χ0) is 19.3. The number of nitrogens with one attached hydrogen (secondary N) is 2. The van der Waals surface area contributed by atoms with E-state index in [1.165, 1.54) is 17.1 Å². The summed E-state index contributed by atoms with van der Waals surface area (Å²) in [4.78, 5) is 35.7. The first-order valence-corrected chi connectivity index (χ1v) is 8.31. The molecule has 3 N–H and O–H groups in total. The predicted molar refractivity (Wildman–Crippen MR) is 93.1 cm³/mol. The molecule has 2 rings (SSSR count). The van der Waals surface area contributed by atoms with E-state index in [2.05, 4.69) is 20.8 Å². The number of nitrogens with zero attached hydrogens (tertiary/aromatic N) is 4. The third kappa shape index (κ3) is 4.26. The number of hydrogen-bond acceptors (Lipinski definition) is 5. The normalized spacial score (nSPS) is 11.8. The predicted octanol–water partition coefficient (Wildman–Crippen LogP) is 1.14. The molecule has 0 saturated carbocycles. The molecule has 0 fully saturated rings. The van der Waals surface area contributed by atoms with Crippen molar-refractivity contribution >= 4 is 23.5 Å². The minimum absolute atomic E-state index is 0.0110. The lowest BCUT2D eigenvalue weighted by molar-refractivity contribution is -0.119. The van der Waals surface area contributed by atoms with Crippen molar-refractivity contribution in [3.63, 3.8) is 0 Å². The lowest BCUT2D eigenvalue weighted by Gasteiger charge is -2.12. The summed E-state index contributed by atoms with van der Waals surface area (Å²) in [6.45, 7) is 6.43. The van der Waals surface area contributed by atoms with Gasteiger partial charge >= 0.3 is 5.97 Å². The van der Waals surface area contributed by atoms with Crippen LogP contribution in [0.2, 0.25) is 0 Å². The molecule has 0 bridgehead atoms. The van der Waals surface area contributed by atoms with E-state index < -0.39 is 17.9 Å². The Morgan fingerprint density at radius 1 is 1.27 bits per heavy atom. The van der Waals surface area contributed by atoms with Crippen molar-refractivity contribution in [1.29, 1.82) is 0 Å². The van der Waals surface area contributed by atoms with Crippen LogP contribution in [0.25, 0.3) is 0 Å². The van der Waals surface area contributed by atoms with Crippen LogP contribution in [-0.2, 0) is 11.3 Å². The van der Waals surface area contributed by atoms with Crippen LogP contribution in [0.3, 0.4) is 0 Å². The summed E-state index contributed by atoms with van der Waals surface area (Å²) in [6.07, 6.45) is 4.81. The van der Waals surface area contributed by atoms with Gasteiger partial charge in [0.2, 0.25) is 5.91 Å². The second kappa shape index (κ2) is 8.28. The van der Waals surface area contributed by atoms with Gasteiger partial charge in [-0.15, -0.1) is 0 Å². The fraction of sp³-hybridized carbons (Fsp3) is 0.438. The van der Waals surface area contributed by atoms with Crippen molar-refractivity contribution < 1.29 is 19.5 Å². The molecule has 0 aliphatic rings. The summed E-state index contributed by atoms with van der Waals surface area (Å²) in [6, 6.07) is -0.764.